The van der Waals surface area contributed by atoms with Gasteiger partial charge in [-0.05, 0) is 24.7 Å². The number of hydrogen-bond donors (Lipinski definition) is 2. The molecule has 0 aromatic heterocycles. The molecular formula is C9H18N2O. The second-order valence-corrected chi connectivity index (χ2v) is 3.79. The van der Waals surface area contributed by atoms with Crippen molar-refractivity contribution in [2.75, 3.05) is 13.1 Å². The van der Waals surface area contributed by atoms with Gasteiger partial charge in [0.1, 0.15) is 0 Å². The second-order valence-electron chi connectivity index (χ2n) is 3.79. The monoisotopic (exact) mass is 170 g/mol. The third-order valence-corrected chi connectivity index (χ3v) is 2.58. The van der Waals surface area contributed by atoms with E-state index in [0.717, 1.165) is 12.5 Å². The maximum Gasteiger partial charge on any atom is 0.233 e. The number of nitrogens with two attached hydrogens (primary N) is 1. The smallest absolute Gasteiger partial charge is 0.233 e. The quantitative estimate of drug-likeness (QED) is 0.648. The molecule has 3 N–H and O–H groups in total. The molecule has 0 aromatic rings. The van der Waals surface area contributed by atoms with Crippen molar-refractivity contribution >= 4 is 5.91 Å². The highest BCUT2D eigenvalue weighted by Gasteiger charge is 2.21. The van der Waals surface area contributed by atoms with Crippen LogP contribution in [-0.2, 0) is 4.79 Å². The second kappa shape index (κ2) is 4.45. The summed E-state index contributed by atoms with van der Waals surface area (Å²) in [6.07, 6.45) is 3.82. The summed E-state index contributed by atoms with van der Waals surface area (Å²) in [4.78, 5) is 10.8. The summed E-state index contributed by atoms with van der Waals surface area (Å²) in [5.74, 6) is 1.50. The van der Waals surface area contributed by atoms with Crippen LogP contribution in [0.3, 0.4) is 0 Å². The molecule has 2 unspecified atom stereocenters. The normalized spacial score (nSPS) is 28.8. The minimum Gasteiger partial charge on any atom is -0.355 e. The van der Waals surface area contributed by atoms with Crippen LogP contribution in [-0.4, -0.2) is 19.0 Å². The van der Waals surface area contributed by atoms with Gasteiger partial charge in [0.25, 0.3) is 0 Å². The maximum absolute atomic E-state index is 10.8. The summed E-state index contributed by atoms with van der Waals surface area (Å²) in [5.41, 5.74) is 5.17. The Morgan fingerprint density at radius 3 is 2.83 bits per heavy atom. The molecule has 12 heavy (non-hydrogen) atoms. The third-order valence-electron chi connectivity index (χ3n) is 2.58. The first kappa shape index (κ1) is 9.52. The lowest BCUT2D eigenvalue weighted by Crippen LogP contribution is -2.33. The molecule has 0 saturated heterocycles. The maximum atomic E-state index is 10.8. The molecule has 0 heterocycles. The van der Waals surface area contributed by atoms with Crippen molar-refractivity contribution in [3.63, 3.8) is 0 Å². The first-order valence-corrected chi connectivity index (χ1v) is 4.69. The molecule has 1 saturated carbocycles. The number of carbonyl (C=O) groups excluding carboxylic acids is 1. The van der Waals surface area contributed by atoms with E-state index >= 15 is 0 Å². The summed E-state index contributed by atoms with van der Waals surface area (Å²) >= 11 is 0. The average Bonchev–Trinajstić information content (AvgIpc) is 2.47. The van der Waals surface area contributed by atoms with E-state index in [1.54, 1.807) is 0 Å². The minimum atomic E-state index is -0.0328. The van der Waals surface area contributed by atoms with Crippen molar-refractivity contribution in [2.24, 2.45) is 17.6 Å². The molecule has 1 rings (SSSR count). The van der Waals surface area contributed by atoms with Gasteiger partial charge in [-0.15, -0.1) is 0 Å². The molecule has 0 aliphatic heterocycles. The lowest BCUT2D eigenvalue weighted by atomic mass is 10.1. The summed E-state index contributed by atoms with van der Waals surface area (Å²) < 4.78 is 0. The van der Waals surface area contributed by atoms with Crippen LogP contribution >= 0.6 is 0 Å². The number of rotatable bonds is 3. The molecular weight excluding hydrogens is 152 g/mol. The molecule has 0 radical (unpaired) electrons. The summed E-state index contributed by atoms with van der Waals surface area (Å²) in [6.45, 7) is 3.20. The predicted octanol–water partition coefficient (Wildman–Crippen LogP) is 0.497. The Hall–Kier alpha value is -0.570. The lowest BCUT2D eigenvalue weighted by Gasteiger charge is -2.09. The van der Waals surface area contributed by atoms with Gasteiger partial charge in [0.05, 0.1) is 6.54 Å². The molecule has 1 aliphatic rings. The van der Waals surface area contributed by atoms with E-state index in [1.165, 1.54) is 19.3 Å². The van der Waals surface area contributed by atoms with Gasteiger partial charge >= 0.3 is 0 Å². The fraction of sp³-hybridized carbons (Fsp3) is 0.889. The standard InChI is InChI=1S/C9H18N2O/c1-7-2-3-8(4-7)6-11-9(12)5-10/h7-8H,2-6,10H2,1H3,(H,11,12). The van der Waals surface area contributed by atoms with Crippen LogP contribution in [0.15, 0.2) is 0 Å². The zero-order chi connectivity index (χ0) is 8.97. The Morgan fingerprint density at radius 1 is 1.58 bits per heavy atom. The summed E-state index contributed by atoms with van der Waals surface area (Å²) in [5, 5.41) is 2.83. The summed E-state index contributed by atoms with van der Waals surface area (Å²) in [7, 11) is 0. The van der Waals surface area contributed by atoms with E-state index in [4.69, 9.17) is 5.73 Å². The van der Waals surface area contributed by atoms with Gasteiger partial charge in [-0.25, -0.2) is 0 Å². The van der Waals surface area contributed by atoms with Crippen LogP contribution in [0.1, 0.15) is 26.2 Å². The third kappa shape index (κ3) is 2.81. The van der Waals surface area contributed by atoms with Gasteiger partial charge in [-0.1, -0.05) is 13.3 Å². The number of amides is 1. The first-order chi connectivity index (χ1) is 5.72. The van der Waals surface area contributed by atoms with Gasteiger partial charge in [-0.2, -0.15) is 0 Å². The molecule has 1 aliphatic carbocycles. The number of carbonyl (C=O) groups is 1. The van der Waals surface area contributed by atoms with Gasteiger partial charge < -0.3 is 11.1 Å². The van der Waals surface area contributed by atoms with E-state index in [-0.39, 0.29) is 12.5 Å². The number of hydrogen-bond acceptors (Lipinski definition) is 2. The average molecular weight is 170 g/mol. The van der Waals surface area contributed by atoms with E-state index < -0.39 is 0 Å². The Balaban J connectivity index is 2.11. The Labute approximate surface area is 73.7 Å². The van der Waals surface area contributed by atoms with Crippen molar-refractivity contribution in [2.45, 2.75) is 26.2 Å². The lowest BCUT2D eigenvalue weighted by molar-refractivity contribution is -0.119. The van der Waals surface area contributed by atoms with Crippen molar-refractivity contribution in [1.82, 2.24) is 5.32 Å². The zero-order valence-electron chi connectivity index (χ0n) is 7.68. The highest BCUT2D eigenvalue weighted by molar-refractivity contribution is 5.77. The van der Waals surface area contributed by atoms with Crippen LogP contribution < -0.4 is 11.1 Å². The highest BCUT2D eigenvalue weighted by Crippen LogP contribution is 2.29. The van der Waals surface area contributed by atoms with Crippen LogP contribution in [0.25, 0.3) is 0 Å². The molecule has 0 bridgehead atoms. The zero-order valence-corrected chi connectivity index (χ0v) is 7.68. The molecule has 1 fully saturated rings. The Kier molecular flexibility index (Phi) is 3.53. The van der Waals surface area contributed by atoms with Crippen molar-refractivity contribution in [3.05, 3.63) is 0 Å². The van der Waals surface area contributed by atoms with E-state index in [9.17, 15) is 4.79 Å². The topological polar surface area (TPSA) is 55.1 Å². The molecule has 1 amide bonds. The van der Waals surface area contributed by atoms with Gasteiger partial charge in [-0.3, -0.25) is 4.79 Å². The predicted molar refractivity (Wildman–Crippen MR) is 48.6 cm³/mol. The Bertz CT molecular complexity index is 159. The van der Waals surface area contributed by atoms with Gasteiger partial charge in [0.2, 0.25) is 5.91 Å². The first-order valence-electron chi connectivity index (χ1n) is 4.69. The fourth-order valence-corrected chi connectivity index (χ4v) is 1.84. The molecule has 0 spiro atoms. The van der Waals surface area contributed by atoms with E-state index in [1.807, 2.05) is 0 Å². The molecule has 3 nitrogen and oxygen atoms in total. The van der Waals surface area contributed by atoms with E-state index in [2.05, 4.69) is 12.2 Å². The minimum absolute atomic E-state index is 0.0328. The Morgan fingerprint density at radius 2 is 2.33 bits per heavy atom. The number of nitrogens with one attached hydrogen (secondary N) is 1. The van der Waals surface area contributed by atoms with Crippen molar-refractivity contribution < 1.29 is 4.79 Å². The van der Waals surface area contributed by atoms with Crippen LogP contribution in [0.5, 0.6) is 0 Å². The fourth-order valence-electron chi connectivity index (χ4n) is 1.84. The van der Waals surface area contributed by atoms with Crippen molar-refractivity contribution in [3.8, 4) is 0 Å². The van der Waals surface area contributed by atoms with Gasteiger partial charge in [0, 0.05) is 6.54 Å². The van der Waals surface area contributed by atoms with Gasteiger partial charge in [0.15, 0.2) is 0 Å². The largest absolute Gasteiger partial charge is 0.355 e. The molecule has 0 aromatic carbocycles. The molecule has 70 valence electrons. The van der Waals surface area contributed by atoms with Crippen LogP contribution in [0.2, 0.25) is 0 Å². The van der Waals surface area contributed by atoms with Crippen molar-refractivity contribution in [1.29, 1.82) is 0 Å². The SMILES string of the molecule is CC1CCC(CNC(=O)CN)C1. The van der Waals surface area contributed by atoms with E-state index in [0.29, 0.717) is 5.92 Å². The van der Waals surface area contributed by atoms with Crippen LogP contribution in [0, 0.1) is 11.8 Å². The summed E-state index contributed by atoms with van der Waals surface area (Å²) in [6, 6.07) is 0. The van der Waals surface area contributed by atoms with Crippen LogP contribution in [0.4, 0.5) is 0 Å². The molecule has 3 heteroatoms. The highest BCUT2D eigenvalue weighted by atomic mass is 16.1. The molecule has 2 atom stereocenters.